The molecule has 0 spiro atoms. The van der Waals surface area contributed by atoms with Crippen LogP contribution in [0.5, 0.6) is 0 Å². The van der Waals surface area contributed by atoms with Crippen LogP contribution in [-0.4, -0.2) is 15.0 Å². The molecule has 4 rings (SSSR count). The maximum atomic E-state index is 13.4. The summed E-state index contributed by atoms with van der Waals surface area (Å²) in [6, 6.07) is 19.2. The molecule has 0 saturated heterocycles. The maximum Gasteiger partial charge on any atom is 0.336 e. The first-order chi connectivity index (χ1) is 15.3. The highest BCUT2D eigenvalue weighted by Crippen LogP contribution is 2.17. The zero-order chi connectivity index (χ0) is 22.8. The van der Waals surface area contributed by atoms with E-state index < -0.39 is 23.0 Å². The van der Waals surface area contributed by atoms with Crippen LogP contribution in [0.1, 0.15) is 25.3 Å². The van der Waals surface area contributed by atoms with Gasteiger partial charge in [0.1, 0.15) is 12.4 Å². The largest absolute Gasteiger partial charge is 0.336 e. The van der Waals surface area contributed by atoms with Gasteiger partial charge in [-0.1, -0.05) is 38.1 Å². The van der Waals surface area contributed by atoms with Gasteiger partial charge in [0.15, 0.2) is 0 Å². The summed E-state index contributed by atoms with van der Waals surface area (Å²) in [5.74, 6) is -0.575. The fourth-order valence-corrected chi connectivity index (χ4v) is 3.59. The van der Waals surface area contributed by atoms with Gasteiger partial charge in [0, 0.05) is 5.69 Å². The zero-order valence-corrected chi connectivity index (χ0v) is 17.7. The maximum absolute atomic E-state index is 13.4. The Labute approximate surface area is 183 Å². The number of para-hydroxylation sites is 1. The smallest absolute Gasteiger partial charge is 0.325 e. The van der Waals surface area contributed by atoms with Crippen molar-refractivity contribution < 1.29 is 9.18 Å². The minimum Gasteiger partial charge on any atom is -0.325 e. The number of aromatic nitrogens is 2. The lowest BCUT2D eigenvalue weighted by molar-refractivity contribution is -0.116. The SMILES string of the molecule is CC(C)c1ccc(-n2c(=O)c3ccccc3n(CC(=O)Nc3ccc(F)cc3)c2=O)cc1. The van der Waals surface area contributed by atoms with Crippen LogP contribution in [0.25, 0.3) is 16.6 Å². The summed E-state index contributed by atoms with van der Waals surface area (Å²) in [5, 5.41) is 2.98. The second-order valence-electron chi connectivity index (χ2n) is 7.83. The number of carbonyl (C=O) groups is 1. The molecule has 32 heavy (non-hydrogen) atoms. The molecule has 1 N–H and O–H groups in total. The third kappa shape index (κ3) is 4.09. The van der Waals surface area contributed by atoms with Crippen LogP contribution in [0.15, 0.2) is 82.4 Å². The zero-order valence-electron chi connectivity index (χ0n) is 17.7. The third-order valence-corrected chi connectivity index (χ3v) is 5.30. The van der Waals surface area contributed by atoms with Gasteiger partial charge < -0.3 is 5.32 Å². The first kappa shape index (κ1) is 21.2. The number of fused-ring (bicyclic) bond motifs is 1. The third-order valence-electron chi connectivity index (χ3n) is 5.30. The highest BCUT2D eigenvalue weighted by atomic mass is 19.1. The molecule has 0 atom stereocenters. The molecule has 162 valence electrons. The standard InChI is InChI=1S/C25H22FN3O3/c1-16(2)17-7-13-20(14-8-17)29-24(31)21-5-3-4-6-22(21)28(25(29)32)15-23(30)27-19-11-9-18(26)10-12-19/h3-14,16H,15H2,1-2H3,(H,27,30). The lowest BCUT2D eigenvalue weighted by Gasteiger charge is -2.15. The van der Waals surface area contributed by atoms with E-state index in [4.69, 9.17) is 0 Å². The predicted molar refractivity (Wildman–Crippen MR) is 123 cm³/mol. The Bertz CT molecular complexity index is 1400. The van der Waals surface area contributed by atoms with Crippen LogP contribution in [-0.2, 0) is 11.3 Å². The summed E-state index contributed by atoms with van der Waals surface area (Å²) in [7, 11) is 0. The van der Waals surface area contributed by atoms with Crippen LogP contribution < -0.4 is 16.6 Å². The molecule has 1 aromatic heterocycles. The van der Waals surface area contributed by atoms with Crippen molar-refractivity contribution in [3.05, 3.63) is 105 Å². The van der Waals surface area contributed by atoms with E-state index in [-0.39, 0.29) is 6.54 Å². The lowest BCUT2D eigenvalue weighted by atomic mass is 10.0. The summed E-state index contributed by atoms with van der Waals surface area (Å²) >= 11 is 0. The van der Waals surface area contributed by atoms with Crippen molar-refractivity contribution >= 4 is 22.5 Å². The van der Waals surface area contributed by atoms with Gasteiger partial charge in [0.2, 0.25) is 5.91 Å². The van der Waals surface area contributed by atoms with Crippen LogP contribution >= 0.6 is 0 Å². The van der Waals surface area contributed by atoms with Crippen molar-refractivity contribution in [3.63, 3.8) is 0 Å². The lowest BCUT2D eigenvalue weighted by Crippen LogP contribution is -2.40. The van der Waals surface area contributed by atoms with Crippen molar-refractivity contribution in [2.75, 3.05) is 5.32 Å². The predicted octanol–water partition coefficient (Wildman–Crippen LogP) is 4.05. The number of hydrogen-bond donors (Lipinski definition) is 1. The van der Waals surface area contributed by atoms with E-state index in [0.29, 0.717) is 28.2 Å². The number of anilines is 1. The van der Waals surface area contributed by atoms with Crippen molar-refractivity contribution in [2.24, 2.45) is 0 Å². The van der Waals surface area contributed by atoms with E-state index >= 15 is 0 Å². The topological polar surface area (TPSA) is 73.1 Å². The van der Waals surface area contributed by atoms with E-state index in [1.54, 1.807) is 36.4 Å². The molecule has 0 aliphatic carbocycles. The van der Waals surface area contributed by atoms with Gasteiger partial charge in [0.25, 0.3) is 5.56 Å². The average Bonchev–Trinajstić information content (AvgIpc) is 2.79. The Balaban J connectivity index is 1.80. The Morgan fingerprint density at radius 2 is 1.59 bits per heavy atom. The second-order valence-corrected chi connectivity index (χ2v) is 7.83. The summed E-state index contributed by atoms with van der Waals surface area (Å²) in [5.41, 5.74) is 1.24. The molecule has 0 aliphatic rings. The molecule has 3 aromatic carbocycles. The van der Waals surface area contributed by atoms with Crippen LogP contribution in [0, 0.1) is 5.82 Å². The van der Waals surface area contributed by atoms with Crippen LogP contribution in [0.3, 0.4) is 0 Å². The molecule has 0 bridgehead atoms. The van der Waals surface area contributed by atoms with Gasteiger partial charge in [-0.25, -0.2) is 13.8 Å². The number of rotatable bonds is 5. The van der Waals surface area contributed by atoms with Crippen LogP contribution in [0.4, 0.5) is 10.1 Å². The number of hydrogen-bond acceptors (Lipinski definition) is 3. The van der Waals surface area contributed by atoms with Crippen LogP contribution in [0.2, 0.25) is 0 Å². The van der Waals surface area contributed by atoms with Gasteiger partial charge in [-0.15, -0.1) is 0 Å². The normalized spacial score (nSPS) is 11.1. The molecule has 0 saturated carbocycles. The molecule has 7 heteroatoms. The number of benzene rings is 3. The Morgan fingerprint density at radius 3 is 2.25 bits per heavy atom. The minimum atomic E-state index is -0.611. The Hall–Kier alpha value is -4.00. The van der Waals surface area contributed by atoms with Crippen molar-refractivity contribution in [1.82, 2.24) is 9.13 Å². The molecule has 4 aromatic rings. The van der Waals surface area contributed by atoms with Gasteiger partial charge in [-0.2, -0.15) is 0 Å². The van der Waals surface area contributed by atoms with Gasteiger partial charge in [-0.3, -0.25) is 14.2 Å². The number of halogens is 1. The van der Waals surface area contributed by atoms with Gasteiger partial charge >= 0.3 is 5.69 Å². The molecule has 6 nitrogen and oxygen atoms in total. The van der Waals surface area contributed by atoms with Crippen molar-refractivity contribution in [1.29, 1.82) is 0 Å². The Kier molecular flexibility index (Phi) is 5.73. The van der Waals surface area contributed by atoms with Crippen molar-refractivity contribution in [2.45, 2.75) is 26.3 Å². The molecular formula is C25H22FN3O3. The first-order valence-electron chi connectivity index (χ1n) is 10.3. The van der Waals surface area contributed by atoms with E-state index in [0.717, 1.165) is 10.1 Å². The quantitative estimate of drug-likeness (QED) is 0.518. The summed E-state index contributed by atoms with van der Waals surface area (Å²) < 4.78 is 15.5. The minimum absolute atomic E-state index is 0.304. The number of nitrogens with one attached hydrogen (secondary N) is 1. The Morgan fingerprint density at radius 1 is 0.938 bits per heavy atom. The number of amides is 1. The highest BCUT2D eigenvalue weighted by molar-refractivity contribution is 5.91. The molecular weight excluding hydrogens is 409 g/mol. The van der Waals surface area contributed by atoms with E-state index in [1.165, 1.54) is 28.8 Å². The van der Waals surface area contributed by atoms with E-state index in [1.807, 2.05) is 12.1 Å². The fraction of sp³-hybridized carbons (Fsp3) is 0.160. The van der Waals surface area contributed by atoms with E-state index in [9.17, 15) is 18.8 Å². The second kappa shape index (κ2) is 8.63. The highest BCUT2D eigenvalue weighted by Gasteiger charge is 2.16. The molecule has 1 heterocycles. The average molecular weight is 431 g/mol. The summed E-state index contributed by atoms with van der Waals surface area (Å²) in [6.07, 6.45) is 0. The molecule has 1 amide bonds. The summed E-state index contributed by atoms with van der Waals surface area (Å²) in [4.78, 5) is 39.2. The number of carbonyl (C=O) groups excluding carboxylic acids is 1. The molecule has 0 radical (unpaired) electrons. The molecule has 0 aliphatic heterocycles. The summed E-state index contributed by atoms with van der Waals surface area (Å²) in [6.45, 7) is 3.81. The van der Waals surface area contributed by atoms with Crippen molar-refractivity contribution in [3.8, 4) is 5.69 Å². The monoisotopic (exact) mass is 431 g/mol. The fourth-order valence-electron chi connectivity index (χ4n) is 3.59. The van der Waals surface area contributed by atoms with Gasteiger partial charge in [-0.05, 0) is 60.0 Å². The van der Waals surface area contributed by atoms with Gasteiger partial charge in [0.05, 0.1) is 16.6 Å². The van der Waals surface area contributed by atoms with E-state index in [2.05, 4.69) is 19.2 Å². The number of nitrogens with zero attached hydrogens (tertiary/aromatic N) is 2. The molecule has 0 unspecified atom stereocenters. The first-order valence-corrected chi connectivity index (χ1v) is 10.3. The molecule has 0 fully saturated rings.